The van der Waals surface area contributed by atoms with Gasteiger partial charge in [0, 0.05) is 22.1 Å². The van der Waals surface area contributed by atoms with Crippen LogP contribution in [0, 0.1) is 6.92 Å². The number of methoxy groups -OCH3 is 1. The Morgan fingerprint density at radius 1 is 1.36 bits per heavy atom. The molecule has 0 aliphatic carbocycles. The first-order chi connectivity index (χ1) is 11.9. The fraction of sp³-hybridized carbons (Fsp3) is 0.316. The van der Waals surface area contributed by atoms with Gasteiger partial charge in [-0.1, -0.05) is 28.1 Å². The van der Waals surface area contributed by atoms with Crippen LogP contribution in [0.15, 0.2) is 40.9 Å². The lowest BCUT2D eigenvalue weighted by molar-refractivity contribution is 0.0349. The summed E-state index contributed by atoms with van der Waals surface area (Å²) in [6.45, 7) is 3.95. The summed E-state index contributed by atoms with van der Waals surface area (Å²) in [6, 6.07) is 11.4. The molecule has 0 saturated carbocycles. The number of benzene rings is 2. The molecule has 2 amide bonds. The van der Waals surface area contributed by atoms with Crippen molar-refractivity contribution in [1.82, 2.24) is 5.32 Å². The van der Waals surface area contributed by atoms with Gasteiger partial charge in [0.15, 0.2) is 17.2 Å². The fourth-order valence-electron chi connectivity index (χ4n) is 3.68. The predicted octanol–water partition coefficient (Wildman–Crippen LogP) is 4.54. The summed E-state index contributed by atoms with van der Waals surface area (Å²) in [5.74, 6) is 1.37. The average molecular weight is 403 g/mol. The van der Waals surface area contributed by atoms with Gasteiger partial charge in [0.05, 0.1) is 13.2 Å². The van der Waals surface area contributed by atoms with Crippen molar-refractivity contribution in [3.05, 3.63) is 52.0 Å². The van der Waals surface area contributed by atoms with Gasteiger partial charge in [-0.3, -0.25) is 4.90 Å². The Labute approximate surface area is 155 Å². The molecular weight excluding hydrogens is 384 g/mol. The molecule has 0 aromatic heterocycles. The highest BCUT2D eigenvalue weighted by molar-refractivity contribution is 9.10. The lowest BCUT2D eigenvalue weighted by Gasteiger charge is -2.50. The number of amides is 2. The third-order valence-electron chi connectivity index (χ3n) is 4.88. The fourth-order valence-corrected chi connectivity index (χ4v) is 3.93. The van der Waals surface area contributed by atoms with E-state index in [0.29, 0.717) is 17.9 Å². The Kier molecular flexibility index (Phi) is 3.68. The van der Waals surface area contributed by atoms with Crippen LogP contribution in [0.1, 0.15) is 30.5 Å². The molecule has 2 aliphatic heterocycles. The molecule has 4 rings (SSSR count). The van der Waals surface area contributed by atoms with Crippen LogP contribution in [-0.2, 0) is 0 Å². The summed E-state index contributed by atoms with van der Waals surface area (Å²) in [5.41, 5.74) is 2.04. The number of ether oxygens (including phenoxy) is 2. The number of hydrogen-bond donors (Lipinski definition) is 1. The number of nitrogens with zero attached hydrogens (tertiary/aromatic N) is 1. The van der Waals surface area contributed by atoms with Crippen LogP contribution in [0.25, 0.3) is 0 Å². The van der Waals surface area contributed by atoms with Gasteiger partial charge in [0.1, 0.15) is 0 Å². The Morgan fingerprint density at radius 2 is 2.16 bits per heavy atom. The van der Waals surface area contributed by atoms with E-state index in [1.165, 1.54) is 0 Å². The molecule has 2 aromatic carbocycles. The summed E-state index contributed by atoms with van der Waals surface area (Å²) in [5, 5.41) is 3.10. The van der Waals surface area contributed by atoms with Crippen molar-refractivity contribution < 1.29 is 14.3 Å². The number of urea groups is 1. The van der Waals surface area contributed by atoms with Crippen LogP contribution in [0.4, 0.5) is 10.5 Å². The van der Waals surface area contributed by atoms with Gasteiger partial charge in [0.25, 0.3) is 0 Å². The van der Waals surface area contributed by atoms with Crippen LogP contribution >= 0.6 is 15.9 Å². The molecule has 2 aromatic rings. The third-order valence-corrected chi connectivity index (χ3v) is 5.77. The molecule has 6 heteroatoms. The molecule has 0 radical (unpaired) electrons. The molecule has 2 heterocycles. The number of rotatable bonds is 2. The molecule has 130 valence electrons. The summed E-state index contributed by atoms with van der Waals surface area (Å²) >= 11 is 3.51. The first kappa shape index (κ1) is 16.3. The quantitative estimate of drug-likeness (QED) is 0.802. The maximum atomic E-state index is 12.9. The smallest absolute Gasteiger partial charge is 0.325 e. The number of carbonyl (C=O) groups is 1. The third kappa shape index (κ3) is 2.47. The van der Waals surface area contributed by atoms with Crippen molar-refractivity contribution >= 4 is 27.6 Å². The Balaban J connectivity index is 1.82. The average Bonchev–Trinajstić information content (AvgIpc) is 2.57. The number of halogens is 1. The molecule has 2 atom stereocenters. The van der Waals surface area contributed by atoms with Gasteiger partial charge >= 0.3 is 6.03 Å². The molecule has 5 nitrogen and oxygen atoms in total. The molecule has 0 spiro atoms. The lowest BCUT2D eigenvalue weighted by atomic mass is 9.90. The van der Waals surface area contributed by atoms with E-state index in [9.17, 15) is 4.79 Å². The normalized spacial score (nSPS) is 24.2. The van der Waals surface area contributed by atoms with E-state index in [4.69, 9.17) is 9.47 Å². The number of anilines is 1. The van der Waals surface area contributed by atoms with Gasteiger partial charge in [-0.25, -0.2) is 4.79 Å². The first-order valence-electron chi connectivity index (χ1n) is 8.16. The van der Waals surface area contributed by atoms with Crippen molar-refractivity contribution in [2.45, 2.75) is 32.0 Å². The van der Waals surface area contributed by atoms with E-state index < -0.39 is 5.72 Å². The lowest BCUT2D eigenvalue weighted by Crippen LogP contribution is -2.65. The number of carbonyl (C=O) groups excluding carboxylic acids is 1. The summed E-state index contributed by atoms with van der Waals surface area (Å²) in [4.78, 5) is 14.6. The number of hydrogen-bond acceptors (Lipinski definition) is 3. The van der Waals surface area contributed by atoms with Gasteiger partial charge < -0.3 is 14.8 Å². The number of fused-ring (bicyclic) bond motifs is 4. The van der Waals surface area contributed by atoms with Crippen LogP contribution in [0.3, 0.4) is 0 Å². The topological polar surface area (TPSA) is 50.8 Å². The van der Waals surface area contributed by atoms with Gasteiger partial charge in [-0.2, -0.15) is 0 Å². The largest absolute Gasteiger partial charge is 0.493 e. The van der Waals surface area contributed by atoms with Crippen LogP contribution < -0.4 is 19.7 Å². The van der Waals surface area contributed by atoms with Gasteiger partial charge in [-0.15, -0.1) is 0 Å². The maximum Gasteiger partial charge on any atom is 0.325 e. The Morgan fingerprint density at radius 3 is 2.88 bits per heavy atom. The predicted molar refractivity (Wildman–Crippen MR) is 99.3 cm³/mol. The number of aryl methyl sites for hydroxylation is 1. The molecular formula is C19H19BrN2O3. The van der Waals surface area contributed by atoms with Crippen molar-refractivity contribution in [1.29, 1.82) is 0 Å². The highest BCUT2D eigenvalue weighted by Gasteiger charge is 2.50. The first-order valence-corrected chi connectivity index (χ1v) is 8.95. The highest BCUT2D eigenvalue weighted by atomic mass is 79.9. The zero-order valence-corrected chi connectivity index (χ0v) is 15.9. The molecule has 2 aliphatic rings. The minimum Gasteiger partial charge on any atom is -0.493 e. The van der Waals surface area contributed by atoms with Crippen molar-refractivity contribution in [3.8, 4) is 11.5 Å². The molecule has 0 unspecified atom stereocenters. The van der Waals surface area contributed by atoms with Crippen molar-refractivity contribution in [3.63, 3.8) is 0 Å². The molecule has 1 saturated heterocycles. The minimum absolute atomic E-state index is 0.0934. The summed E-state index contributed by atoms with van der Waals surface area (Å²) in [6.07, 6.45) is 0.661. The second-order valence-electron chi connectivity index (χ2n) is 6.63. The zero-order chi connectivity index (χ0) is 17.8. The number of nitrogens with one attached hydrogen (secondary N) is 1. The maximum absolute atomic E-state index is 12.9. The second kappa shape index (κ2) is 5.66. The van der Waals surface area contributed by atoms with Gasteiger partial charge in [-0.05, 0) is 43.7 Å². The minimum atomic E-state index is -0.783. The van der Waals surface area contributed by atoms with Crippen LogP contribution in [0.5, 0.6) is 11.5 Å². The SMILES string of the molecule is COc1cccc2c1O[C@@]1(C)C[C@H]2NC(=O)N1c1ccc(Br)c(C)c1. The number of para-hydroxylation sites is 1. The molecule has 1 N–H and O–H groups in total. The molecule has 2 bridgehead atoms. The van der Waals surface area contributed by atoms with E-state index in [-0.39, 0.29) is 12.1 Å². The van der Waals surface area contributed by atoms with Crippen LogP contribution in [-0.4, -0.2) is 18.9 Å². The monoisotopic (exact) mass is 402 g/mol. The van der Waals surface area contributed by atoms with E-state index in [1.807, 2.05) is 50.2 Å². The van der Waals surface area contributed by atoms with E-state index in [0.717, 1.165) is 21.3 Å². The second-order valence-corrected chi connectivity index (χ2v) is 7.49. The summed E-state index contributed by atoms with van der Waals surface area (Å²) in [7, 11) is 1.63. The standard InChI is InChI=1S/C19H19BrN2O3/c1-11-9-12(7-8-14(11)20)22-18(23)21-15-10-19(22,2)25-17-13(15)5-4-6-16(17)24-3/h4-9,15H,10H2,1-3H3,(H,21,23)/t15-,19+/m1/s1. The van der Waals surface area contributed by atoms with Crippen molar-refractivity contribution in [2.24, 2.45) is 0 Å². The van der Waals surface area contributed by atoms with E-state index >= 15 is 0 Å². The Hall–Kier alpha value is -2.21. The van der Waals surface area contributed by atoms with Crippen molar-refractivity contribution in [2.75, 3.05) is 12.0 Å². The van der Waals surface area contributed by atoms with E-state index in [1.54, 1.807) is 12.0 Å². The zero-order valence-electron chi connectivity index (χ0n) is 14.3. The van der Waals surface area contributed by atoms with E-state index in [2.05, 4.69) is 21.2 Å². The molecule has 1 fully saturated rings. The van der Waals surface area contributed by atoms with Gasteiger partial charge in [0.2, 0.25) is 0 Å². The Bertz CT molecular complexity index is 870. The highest BCUT2D eigenvalue weighted by Crippen LogP contribution is 2.49. The summed E-state index contributed by atoms with van der Waals surface area (Å²) < 4.78 is 12.8. The van der Waals surface area contributed by atoms with Crippen LogP contribution in [0.2, 0.25) is 0 Å². The molecule has 25 heavy (non-hydrogen) atoms.